The molecule has 0 radical (unpaired) electrons. The van der Waals surface area contributed by atoms with Crippen LogP contribution in [0.2, 0.25) is 5.02 Å². The van der Waals surface area contributed by atoms with Crippen LogP contribution in [-0.2, 0) is 4.79 Å². The van der Waals surface area contributed by atoms with Crippen molar-refractivity contribution >= 4 is 29.3 Å². The summed E-state index contributed by atoms with van der Waals surface area (Å²) in [6.45, 7) is 10.7. The molecule has 1 N–H and O–H groups in total. The monoisotopic (exact) mass is 327 g/mol. The van der Waals surface area contributed by atoms with Gasteiger partial charge in [-0.25, -0.2) is 0 Å². The van der Waals surface area contributed by atoms with Crippen LogP contribution >= 0.6 is 23.4 Å². The summed E-state index contributed by atoms with van der Waals surface area (Å²) in [5.74, 6) is 1.00. The molecule has 0 fully saturated rings. The van der Waals surface area contributed by atoms with Crippen molar-refractivity contribution in [3.8, 4) is 0 Å². The molecule has 0 aliphatic carbocycles. The van der Waals surface area contributed by atoms with E-state index in [1.807, 2.05) is 31.2 Å². The SMILES string of the molecule is CC[C@@H](Sc1ccc(Cl)cc1)C(=O)NC(C(C)C)C(C)C. The summed E-state index contributed by atoms with van der Waals surface area (Å²) in [5, 5.41) is 3.87. The van der Waals surface area contributed by atoms with Crippen molar-refractivity contribution in [2.75, 3.05) is 0 Å². The number of benzene rings is 1. The zero-order valence-electron chi connectivity index (χ0n) is 13.5. The lowest BCUT2D eigenvalue weighted by atomic mass is 9.93. The number of carbonyl (C=O) groups excluding carboxylic acids is 1. The van der Waals surface area contributed by atoms with Gasteiger partial charge in [0.2, 0.25) is 5.91 Å². The largest absolute Gasteiger partial charge is 0.352 e. The van der Waals surface area contributed by atoms with Crippen molar-refractivity contribution in [2.24, 2.45) is 11.8 Å². The van der Waals surface area contributed by atoms with E-state index in [1.54, 1.807) is 11.8 Å². The van der Waals surface area contributed by atoms with Gasteiger partial charge in [-0.1, -0.05) is 46.2 Å². The molecule has 0 unspecified atom stereocenters. The zero-order valence-corrected chi connectivity index (χ0v) is 15.1. The molecule has 0 aliphatic rings. The summed E-state index contributed by atoms with van der Waals surface area (Å²) < 4.78 is 0. The van der Waals surface area contributed by atoms with Crippen LogP contribution in [0.4, 0.5) is 0 Å². The van der Waals surface area contributed by atoms with Crippen LogP contribution < -0.4 is 5.32 Å². The lowest BCUT2D eigenvalue weighted by molar-refractivity contribution is -0.122. The van der Waals surface area contributed by atoms with Crippen molar-refractivity contribution in [2.45, 2.75) is 57.2 Å². The fraction of sp³-hybridized carbons (Fsp3) is 0.588. The highest BCUT2D eigenvalue weighted by Crippen LogP contribution is 2.27. The topological polar surface area (TPSA) is 29.1 Å². The molecule has 0 spiro atoms. The number of nitrogens with one attached hydrogen (secondary N) is 1. The second kappa shape index (κ2) is 8.70. The predicted octanol–water partition coefficient (Wildman–Crippen LogP) is 5.01. The van der Waals surface area contributed by atoms with Gasteiger partial charge in [0.25, 0.3) is 0 Å². The third-order valence-electron chi connectivity index (χ3n) is 3.50. The summed E-state index contributed by atoms with van der Waals surface area (Å²) >= 11 is 7.49. The van der Waals surface area contributed by atoms with Gasteiger partial charge in [0, 0.05) is 16.0 Å². The Morgan fingerprint density at radius 3 is 2.10 bits per heavy atom. The van der Waals surface area contributed by atoms with Crippen LogP contribution in [0.1, 0.15) is 41.0 Å². The molecule has 4 heteroatoms. The van der Waals surface area contributed by atoms with Gasteiger partial charge in [0.15, 0.2) is 0 Å². The average Bonchev–Trinajstić information content (AvgIpc) is 2.43. The Balaban J connectivity index is 2.70. The highest BCUT2D eigenvalue weighted by molar-refractivity contribution is 8.00. The van der Waals surface area contributed by atoms with Gasteiger partial charge in [-0.05, 0) is 42.5 Å². The van der Waals surface area contributed by atoms with Gasteiger partial charge in [-0.3, -0.25) is 4.79 Å². The maximum Gasteiger partial charge on any atom is 0.233 e. The molecule has 0 bridgehead atoms. The molecular weight excluding hydrogens is 302 g/mol. The highest BCUT2D eigenvalue weighted by Gasteiger charge is 2.24. The van der Waals surface area contributed by atoms with E-state index in [4.69, 9.17) is 11.6 Å². The molecule has 0 aliphatic heterocycles. The highest BCUT2D eigenvalue weighted by atomic mass is 35.5. The molecule has 1 atom stereocenters. The molecule has 0 heterocycles. The number of halogens is 1. The fourth-order valence-corrected chi connectivity index (χ4v) is 3.45. The molecule has 2 nitrogen and oxygen atoms in total. The average molecular weight is 328 g/mol. The van der Waals surface area contributed by atoms with Crippen LogP contribution in [0.3, 0.4) is 0 Å². The van der Waals surface area contributed by atoms with Gasteiger partial charge >= 0.3 is 0 Å². The third kappa shape index (κ3) is 5.91. The molecule has 0 saturated carbocycles. The van der Waals surface area contributed by atoms with E-state index in [1.165, 1.54) is 0 Å². The molecule has 1 aromatic carbocycles. The Labute approximate surface area is 138 Å². The number of rotatable bonds is 7. The quantitative estimate of drug-likeness (QED) is 0.713. The Kier molecular flexibility index (Phi) is 7.61. The molecule has 21 heavy (non-hydrogen) atoms. The molecule has 0 aromatic heterocycles. The minimum Gasteiger partial charge on any atom is -0.352 e. The summed E-state index contributed by atoms with van der Waals surface area (Å²) in [4.78, 5) is 13.6. The first-order chi connectivity index (χ1) is 9.85. The number of thioether (sulfide) groups is 1. The minimum atomic E-state index is -0.0637. The molecule has 1 rings (SSSR count). The van der Waals surface area contributed by atoms with E-state index in [0.29, 0.717) is 11.8 Å². The summed E-state index contributed by atoms with van der Waals surface area (Å²) in [7, 11) is 0. The second-order valence-corrected chi connectivity index (χ2v) is 7.70. The molecule has 118 valence electrons. The summed E-state index contributed by atoms with van der Waals surface area (Å²) in [6.07, 6.45) is 0.808. The van der Waals surface area contributed by atoms with Crippen LogP contribution in [-0.4, -0.2) is 17.2 Å². The Morgan fingerprint density at radius 1 is 1.14 bits per heavy atom. The number of carbonyl (C=O) groups is 1. The Bertz CT molecular complexity index is 437. The van der Waals surface area contributed by atoms with Gasteiger partial charge in [0.1, 0.15) is 0 Å². The van der Waals surface area contributed by atoms with Crippen molar-refractivity contribution in [3.05, 3.63) is 29.3 Å². The van der Waals surface area contributed by atoms with Crippen molar-refractivity contribution in [3.63, 3.8) is 0 Å². The van der Waals surface area contributed by atoms with Gasteiger partial charge in [-0.2, -0.15) is 0 Å². The molecule has 1 aromatic rings. The van der Waals surface area contributed by atoms with Crippen molar-refractivity contribution in [1.29, 1.82) is 0 Å². The van der Waals surface area contributed by atoms with Crippen molar-refractivity contribution < 1.29 is 4.79 Å². The standard InChI is InChI=1S/C17H26ClNOS/c1-6-15(21-14-9-7-13(18)8-10-14)17(20)19-16(11(2)3)12(4)5/h7-12,15-16H,6H2,1-5H3,(H,19,20)/t15-/m1/s1. The van der Waals surface area contributed by atoms with E-state index in [9.17, 15) is 4.79 Å². The van der Waals surface area contributed by atoms with Gasteiger partial charge in [0.05, 0.1) is 5.25 Å². The lowest BCUT2D eigenvalue weighted by Gasteiger charge is -2.28. The van der Waals surface area contributed by atoms with Crippen LogP contribution in [0.25, 0.3) is 0 Å². The molecular formula is C17H26ClNOS. The van der Waals surface area contributed by atoms with E-state index in [2.05, 4.69) is 33.0 Å². The van der Waals surface area contributed by atoms with E-state index in [0.717, 1.165) is 16.3 Å². The Morgan fingerprint density at radius 2 is 1.67 bits per heavy atom. The summed E-state index contributed by atoms with van der Waals surface area (Å²) in [5.41, 5.74) is 0. The second-order valence-electron chi connectivity index (χ2n) is 5.99. The van der Waals surface area contributed by atoms with Gasteiger partial charge in [-0.15, -0.1) is 11.8 Å². The van der Waals surface area contributed by atoms with Gasteiger partial charge < -0.3 is 5.32 Å². The first-order valence-electron chi connectivity index (χ1n) is 7.57. The van der Waals surface area contributed by atoms with E-state index >= 15 is 0 Å². The number of hydrogen-bond donors (Lipinski definition) is 1. The molecule has 0 saturated heterocycles. The summed E-state index contributed by atoms with van der Waals surface area (Å²) in [6, 6.07) is 7.87. The number of hydrogen-bond acceptors (Lipinski definition) is 2. The zero-order chi connectivity index (χ0) is 16.0. The predicted molar refractivity (Wildman–Crippen MR) is 93.0 cm³/mol. The lowest BCUT2D eigenvalue weighted by Crippen LogP contribution is -2.45. The van der Waals surface area contributed by atoms with Crippen LogP contribution in [0.5, 0.6) is 0 Å². The van der Waals surface area contributed by atoms with E-state index in [-0.39, 0.29) is 17.2 Å². The van der Waals surface area contributed by atoms with E-state index < -0.39 is 0 Å². The maximum absolute atomic E-state index is 12.5. The Hall–Kier alpha value is -0.670. The first-order valence-corrected chi connectivity index (χ1v) is 8.83. The molecule has 1 amide bonds. The van der Waals surface area contributed by atoms with Crippen molar-refractivity contribution in [1.82, 2.24) is 5.32 Å². The fourth-order valence-electron chi connectivity index (χ4n) is 2.36. The third-order valence-corrected chi connectivity index (χ3v) is 5.13. The van der Waals surface area contributed by atoms with Crippen LogP contribution in [0, 0.1) is 11.8 Å². The smallest absolute Gasteiger partial charge is 0.233 e. The normalized spacial score (nSPS) is 13.0. The first kappa shape index (κ1) is 18.4. The number of amides is 1. The maximum atomic E-state index is 12.5. The van der Waals surface area contributed by atoms with Crippen LogP contribution in [0.15, 0.2) is 29.2 Å². The minimum absolute atomic E-state index is 0.0637.